The summed E-state index contributed by atoms with van der Waals surface area (Å²) in [6.45, 7) is 6.18. The molecule has 2 heterocycles. The van der Waals surface area contributed by atoms with Crippen LogP contribution in [-0.4, -0.2) is 15.2 Å². The Kier molecular flexibility index (Phi) is 6.92. The molecular formula is C32H31NO2S. The minimum absolute atomic E-state index is 0.0338. The lowest BCUT2D eigenvalue weighted by atomic mass is 9.93. The van der Waals surface area contributed by atoms with Gasteiger partial charge in [-0.1, -0.05) is 89.5 Å². The Morgan fingerprint density at radius 3 is 1.50 bits per heavy atom. The lowest BCUT2D eigenvalue weighted by molar-refractivity contribution is 0.216. The van der Waals surface area contributed by atoms with E-state index in [-0.39, 0.29) is 5.92 Å². The molecule has 3 N–H and O–H groups in total. The molecule has 0 saturated heterocycles. The number of aromatic amines is 1. The summed E-state index contributed by atoms with van der Waals surface area (Å²) in [6.07, 6.45) is -1.38. The minimum atomic E-state index is -0.722. The number of aryl methyl sites for hydroxylation is 3. The fourth-order valence-electron chi connectivity index (χ4n) is 4.53. The zero-order valence-corrected chi connectivity index (χ0v) is 21.6. The van der Waals surface area contributed by atoms with Gasteiger partial charge in [-0.05, 0) is 61.7 Å². The van der Waals surface area contributed by atoms with Crippen LogP contribution in [0.5, 0.6) is 0 Å². The second-order valence-corrected chi connectivity index (χ2v) is 10.7. The van der Waals surface area contributed by atoms with Crippen LogP contribution in [0.4, 0.5) is 0 Å². The smallest absolute Gasteiger partial charge is 0.119 e. The summed E-state index contributed by atoms with van der Waals surface area (Å²) in [4.78, 5) is 5.56. The Balaban J connectivity index is 1.50. The van der Waals surface area contributed by atoms with E-state index in [1.807, 2.05) is 74.5 Å². The average molecular weight is 494 g/mol. The molecule has 5 aromatic rings. The molecule has 2 aromatic heterocycles. The van der Waals surface area contributed by atoms with E-state index < -0.39 is 12.2 Å². The van der Waals surface area contributed by atoms with E-state index in [1.54, 1.807) is 11.3 Å². The highest BCUT2D eigenvalue weighted by atomic mass is 32.1. The maximum absolute atomic E-state index is 11.0. The number of aromatic nitrogens is 1. The van der Waals surface area contributed by atoms with Crippen LogP contribution in [0.1, 0.15) is 72.6 Å². The van der Waals surface area contributed by atoms with Gasteiger partial charge in [-0.25, -0.2) is 0 Å². The van der Waals surface area contributed by atoms with Crippen LogP contribution in [0.2, 0.25) is 0 Å². The highest BCUT2D eigenvalue weighted by molar-refractivity contribution is 7.12. The second-order valence-electron chi connectivity index (χ2n) is 9.58. The molecule has 0 radical (unpaired) electrons. The first kappa shape index (κ1) is 24.3. The molecule has 0 aliphatic rings. The summed E-state index contributed by atoms with van der Waals surface area (Å²) in [7, 11) is 0. The summed E-state index contributed by atoms with van der Waals surface area (Å²) in [6, 6.07) is 32.7. The van der Waals surface area contributed by atoms with E-state index in [0.717, 1.165) is 37.8 Å². The van der Waals surface area contributed by atoms with Gasteiger partial charge in [0, 0.05) is 21.1 Å². The third-order valence-electron chi connectivity index (χ3n) is 6.74. The first-order valence-corrected chi connectivity index (χ1v) is 13.0. The number of thiophene rings is 1. The van der Waals surface area contributed by atoms with Gasteiger partial charge in [0.1, 0.15) is 12.2 Å². The maximum Gasteiger partial charge on any atom is 0.119 e. The molecule has 3 atom stereocenters. The average Bonchev–Trinajstić information content (AvgIpc) is 3.56. The molecule has 0 bridgehead atoms. The van der Waals surface area contributed by atoms with Gasteiger partial charge >= 0.3 is 0 Å². The molecule has 0 aliphatic heterocycles. The van der Waals surface area contributed by atoms with E-state index in [0.29, 0.717) is 0 Å². The molecule has 0 amide bonds. The van der Waals surface area contributed by atoms with Crippen molar-refractivity contribution >= 4 is 11.3 Å². The first-order chi connectivity index (χ1) is 17.4. The molecule has 0 saturated carbocycles. The van der Waals surface area contributed by atoms with E-state index in [1.165, 1.54) is 16.7 Å². The summed E-state index contributed by atoms with van der Waals surface area (Å²) in [5, 5.41) is 22.1. The van der Waals surface area contributed by atoms with Crippen LogP contribution in [0.3, 0.4) is 0 Å². The van der Waals surface area contributed by atoms with Gasteiger partial charge in [0.05, 0.1) is 5.92 Å². The maximum atomic E-state index is 11.0. The molecular weight excluding hydrogens is 462 g/mol. The van der Waals surface area contributed by atoms with Gasteiger partial charge in [-0.3, -0.25) is 0 Å². The van der Waals surface area contributed by atoms with Crippen molar-refractivity contribution in [2.24, 2.45) is 0 Å². The molecule has 0 spiro atoms. The predicted octanol–water partition coefficient (Wildman–Crippen LogP) is 7.35. The summed E-state index contributed by atoms with van der Waals surface area (Å²) < 4.78 is 0. The summed E-state index contributed by atoms with van der Waals surface area (Å²) in [5.41, 5.74) is 8.25. The van der Waals surface area contributed by atoms with Crippen LogP contribution in [0.25, 0.3) is 0 Å². The third kappa shape index (κ3) is 5.07. The van der Waals surface area contributed by atoms with Crippen molar-refractivity contribution in [1.29, 1.82) is 0 Å². The Morgan fingerprint density at radius 2 is 0.944 bits per heavy atom. The standard InChI is InChI=1S/C32H31NO2S/c1-20-4-10-23(11-5-20)30(26-16-17-27(33-26)31(34)24-12-6-21(2)7-13-24)28-18-19-29(36-28)32(35)25-14-8-22(3)9-15-25/h4-19,30-35H,1-3H3. The van der Waals surface area contributed by atoms with Gasteiger partial charge < -0.3 is 15.2 Å². The van der Waals surface area contributed by atoms with Crippen molar-refractivity contribution in [3.05, 3.63) is 152 Å². The lowest BCUT2D eigenvalue weighted by Crippen LogP contribution is -2.04. The van der Waals surface area contributed by atoms with Crippen molar-refractivity contribution in [1.82, 2.24) is 4.98 Å². The Labute approximate surface area is 216 Å². The van der Waals surface area contributed by atoms with Crippen LogP contribution >= 0.6 is 11.3 Å². The van der Waals surface area contributed by atoms with Gasteiger partial charge in [-0.2, -0.15) is 0 Å². The van der Waals surface area contributed by atoms with Crippen molar-refractivity contribution in [3.8, 4) is 0 Å². The van der Waals surface area contributed by atoms with Gasteiger partial charge in [0.15, 0.2) is 0 Å². The summed E-state index contributed by atoms with van der Waals surface area (Å²) in [5.74, 6) is -0.0338. The Morgan fingerprint density at radius 1 is 0.500 bits per heavy atom. The number of nitrogens with one attached hydrogen (secondary N) is 1. The molecule has 0 aliphatic carbocycles. The number of aliphatic hydroxyl groups excluding tert-OH is 2. The second kappa shape index (κ2) is 10.3. The van der Waals surface area contributed by atoms with Crippen molar-refractivity contribution in [3.63, 3.8) is 0 Å². The van der Waals surface area contributed by atoms with Crippen LogP contribution < -0.4 is 0 Å². The highest BCUT2D eigenvalue weighted by Crippen LogP contribution is 2.39. The molecule has 5 rings (SSSR count). The lowest BCUT2D eigenvalue weighted by Gasteiger charge is -2.17. The van der Waals surface area contributed by atoms with Crippen molar-refractivity contribution in [2.45, 2.75) is 38.9 Å². The Bertz CT molecular complexity index is 1340. The van der Waals surface area contributed by atoms with E-state index in [4.69, 9.17) is 0 Å². The molecule has 4 heteroatoms. The Hall–Kier alpha value is -3.44. The normalized spacial score (nSPS) is 13.9. The molecule has 3 aromatic carbocycles. The fourth-order valence-corrected chi connectivity index (χ4v) is 5.70. The van der Waals surface area contributed by atoms with Gasteiger partial charge in [0.25, 0.3) is 0 Å². The number of rotatable bonds is 7. The monoisotopic (exact) mass is 493 g/mol. The van der Waals surface area contributed by atoms with Gasteiger partial charge in [0.2, 0.25) is 0 Å². The minimum Gasteiger partial charge on any atom is -0.383 e. The van der Waals surface area contributed by atoms with E-state index in [2.05, 4.69) is 48.3 Å². The van der Waals surface area contributed by atoms with Crippen molar-refractivity contribution in [2.75, 3.05) is 0 Å². The number of aliphatic hydroxyl groups is 2. The van der Waals surface area contributed by atoms with Crippen LogP contribution in [-0.2, 0) is 0 Å². The van der Waals surface area contributed by atoms with Gasteiger partial charge in [-0.15, -0.1) is 11.3 Å². The third-order valence-corrected chi connectivity index (χ3v) is 7.94. The number of hydrogen-bond donors (Lipinski definition) is 3. The molecule has 0 fully saturated rings. The number of H-pyrrole nitrogens is 1. The topological polar surface area (TPSA) is 56.2 Å². The van der Waals surface area contributed by atoms with Crippen molar-refractivity contribution < 1.29 is 10.2 Å². The number of hydrogen-bond acceptors (Lipinski definition) is 3. The zero-order chi connectivity index (χ0) is 25.2. The largest absolute Gasteiger partial charge is 0.383 e. The summed E-state index contributed by atoms with van der Waals surface area (Å²) >= 11 is 1.63. The zero-order valence-electron chi connectivity index (χ0n) is 20.8. The van der Waals surface area contributed by atoms with E-state index in [9.17, 15) is 10.2 Å². The highest BCUT2D eigenvalue weighted by Gasteiger charge is 2.24. The van der Waals surface area contributed by atoms with Crippen LogP contribution in [0.15, 0.2) is 97.1 Å². The van der Waals surface area contributed by atoms with Crippen LogP contribution in [0, 0.1) is 20.8 Å². The molecule has 3 nitrogen and oxygen atoms in total. The SMILES string of the molecule is Cc1ccc(C(O)c2ccc(C(c3ccc(C)cc3)c3ccc(C(O)c4ccc(C)cc4)s3)[nH]2)cc1. The molecule has 36 heavy (non-hydrogen) atoms. The molecule has 3 unspecified atom stereocenters. The number of benzene rings is 3. The molecule has 182 valence electrons. The first-order valence-electron chi connectivity index (χ1n) is 12.2. The predicted molar refractivity (Wildman–Crippen MR) is 148 cm³/mol. The fraction of sp³-hybridized carbons (Fsp3) is 0.188. The quantitative estimate of drug-likeness (QED) is 0.222. The van der Waals surface area contributed by atoms with E-state index >= 15 is 0 Å².